The van der Waals surface area contributed by atoms with Crippen LogP contribution in [0.25, 0.3) is 0 Å². The molecule has 0 aromatic carbocycles. The van der Waals surface area contributed by atoms with Crippen molar-refractivity contribution in [3.05, 3.63) is 16.8 Å². The quantitative estimate of drug-likeness (QED) is 0.819. The van der Waals surface area contributed by atoms with Crippen LogP contribution in [0.3, 0.4) is 0 Å². The van der Waals surface area contributed by atoms with Gasteiger partial charge in [0.25, 0.3) is 0 Å². The molecule has 0 aliphatic heterocycles. The number of carbonyl (C=O) groups is 1. The van der Waals surface area contributed by atoms with Crippen LogP contribution in [0.1, 0.15) is 13.8 Å². The van der Waals surface area contributed by atoms with Crippen LogP contribution in [0.5, 0.6) is 0 Å². The number of nitrogens with one attached hydrogen (secondary N) is 2. The Kier molecular flexibility index (Phi) is 5.21. The SMILES string of the molecule is CC(C)COC(=O)NC(=S)Nc1ccsc1. The lowest BCUT2D eigenvalue weighted by Crippen LogP contribution is -2.35. The number of rotatable bonds is 3. The number of anilines is 1. The molecule has 1 rings (SSSR count). The number of hydrogen-bond donors (Lipinski definition) is 2. The minimum absolute atomic E-state index is 0.243. The third-order valence-electron chi connectivity index (χ3n) is 1.54. The first-order valence-electron chi connectivity index (χ1n) is 4.85. The number of carbonyl (C=O) groups excluding carboxylic acids is 1. The van der Waals surface area contributed by atoms with E-state index in [1.165, 1.54) is 0 Å². The normalized spacial score (nSPS) is 9.94. The Hall–Kier alpha value is -1.14. The third-order valence-corrected chi connectivity index (χ3v) is 2.43. The topological polar surface area (TPSA) is 50.4 Å². The van der Waals surface area contributed by atoms with Gasteiger partial charge in [-0.15, -0.1) is 0 Å². The summed E-state index contributed by atoms with van der Waals surface area (Å²) in [5.74, 6) is 0.309. The molecular formula is C10H14N2O2S2. The molecule has 0 saturated heterocycles. The van der Waals surface area contributed by atoms with Crippen molar-refractivity contribution in [3.8, 4) is 0 Å². The summed E-state index contributed by atoms with van der Waals surface area (Å²) in [4.78, 5) is 11.2. The van der Waals surface area contributed by atoms with Crippen LogP contribution in [-0.4, -0.2) is 17.8 Å². The molecule has 0 aliphatic carbocycles. The zero-order chi connectivity index (χ0) is 12.0. The summed E-state index contributed by atoms with van der Waals surface area (Å²) in [7, 11) is 0. The lowest BCUT2D eigenvalue weighted by Gasteiger charge is -2.10. The summed E-state index contributed by atoms with van der Waals surface area (Å²) < 4.78 is 4.92. The van der Waals surface area contributed by atoms with Crippen LogP contribution in [0, 0.1) is 5.92 Å². The van der Waals surface area contributed by atoms with Gasteiger partial charge in [-0.2, -0.15) is 11.3 Å². The average Bonchev–Trinajstić information content (AvgIpc) is 2.67. The molecular weight excluding hydrogens is 244 g/mol. The first-order chi connectivity index (χ1) is 7.58. The molecule has 6 heteroatoms. The Bertz CT molecular complexity index is 350. The van der Waals surface area contributed by atoms with E-state index in [0.717, 1.165) is 5.69 Å². The van der Waals surface area contributed by atoms with Gasteiger partial charge in [-0.1, -0.05) is 13.8 Å². The van der Waals surface area contributed by atoms with Gasteiger partial charge in [-0.25, -0.2) is 4.79 Å². The lowest BCUT2D eigenvalue weighted by molar-refractivity contribution is 0.138. The van der Waals surface area contributed by atoms with Crippen LogP contribution in [0.2, 0.25) is 0 Å². The molecule has 0 unspecified atom stereocenters. The van der Waals surface area contributed by atoms with Crippen molar-refractivity contribution in [2.24, 2.45) is 5.92 Å². The minimum atomic E-state index is -0.526. The van der Waals surface area contributed by atoms with Crippen LogP contribution in [0.4, 0.5) is 10.5 Å². The number of thiophene rings is 1. The summed E-state index contributed by atoms with van der Waals surface area (Å²) in [6, 6.07) is 1.87. The zero-order valence-corrected chi connectivity index (χ0v) is 10.8. The van der Waals surface area contributed by atoms with Gasteiger partial charge in [-0.3, -0.25) is 5.32 Å². The fraction of sp³-hybridized carbons (Fsp3) is 0.400. The van der Waals surface area contributed by atoms with E-state index in [-0.39, 0.29) is 5.11 Å². The van der Waals surface area contributed by atoms with Crippen LogP contribution >= 0.6 is 23.6 Å². The second-order valence-electron chi connectivity index (χ2n) is 3.58. The molecule has 4 nitrogen and oxygen atoms in total. The zero-order valence-electron chi connectivity index (χ0n) is 9.15. The molecule has 0 spiro atoms. The maximum atomic E-state index is 11.2. The monoisotopic (exact) mass is 258 g/mol. The molecule has 0 saturated carbocycles. The van der Waals surface area contributed by atoms with Crippen molar-refractivity contribution >= 4 is 40.4 Å². The van der Waals surface area contributed by atoms with Gasteiger partial charge in [0.15, 0.2) is 5.11 Å². The highest BCUT2D eigenvalue weighted by molar-refractivity contribution is 7.80. The van der Waals surface area contributed by atoms with E-state index >= 15 is 0 Å². The number of thiocarbonyl (C=S) groups is 1. The maximum Gasteiger partial charge on any atom is 0.413 e. The molecule has 1 aromatic rings. The Balaban J connectivity index is 2.26. The number of alkyl carbamates (subject to hydrolysis) is 1. The van der Waals surface area contributed by atoms with E-state index in [9.17, 15) is 4.79 Å². The van der Waals surface area contributed by atoms with E-state index in [4.69, 9.17) is 17.0 Å². The largest absolute Gasteiger partial charge is 0.449 e. The van der Waals surface area contributed by atoms with Crippen molar-refractivity contribution in [3.63, 3.8) is 0 Å². The molecule has 1 heterocycles. The molecule has 0 aliphatic rings. The van der Waals surface area contributed by atoms with Gasteiger partial charge in [-0.05, 0) is 29.6 Å². The highest BCUT2D eigenvalue weighted by Crippen LogP contribution is 2.11. The van der Waals surface area contributed by atoms with E-state index in [2.05, 4.69) is 10.6 Å². The summed E-state index contributed by atoms with van der Waals surface area (Å²) in [5.41, 5.74) is 0.860. The molecule has 0 atom stereocenters. The Morgan fingerprint density at radius 1 is 1.62 bits per heavy atom. The second kappa shape index (κ2) is 6.44. The van der Waals surface area contributed by atoms with Crippen LogP contribution in [-0.2, 0) is 4.74 Å². The third kappa shape index (κ3) is 5.09. The Labute approximate surface area is 104 Å². The average molecular weight is 258 g/mol. The van der Waals surface area contributed by atoms with E-state index < -0.39 is 6.09 Å². The van der Waals surface area contributed by atoms with Crippen LogP contribution in [0.15, 0.2) is 16.8 Å². The Morgan fingerprint density at radius 2 is 2.38 bits per heavy atom. The molecule has 0 radical (unpaired) electrons. The molecule has 16 heavy (non-hydrogen) atoms. The van der Waals surface area contributed by atoms with Crippen LogP contribution < -0.4 is 10.6 Å². The highest BCUT2D eigenvalue weighted by atomic mass is 32.1. The second-order valence-corrected chi connectivity index (χ2v) is 4.77. The van der Waals surface area contributed by atoms with Crippen molar-refractivity contribution in [2.45, 2.75) is 13.8 Å². The molecule has 2 N–H and O–H groups in total. The summed E-state index contributed by atoms with van der Waals surface area (Å²) >= 11 is 6.49. The number of amides is 1. The van der Waals surface area contributed by atoms with Crippen molar-refractivity contribution < 1.29 is 9.53 Å². The van der Waals surface area contributed by atoms with Gasteiger partial charge in [0, 0.05) is 5.38 Å². The highest BCUT2D eigenvalue weighted by Gasteiger charge is 2.06. The van der Waals surface area contributed by atoms with Crippen molar-refractivity contribution in [1.82, 2.24) is 5.32 Å². The molecule has 1 aromatic heterocycles. The fourth-order valence-electron chi connectivity index (χ4n) is 0.869. The maximum absolute atomic E-state index is 11.2. The molecule has 1 amide bonds. The Morgan fingerprint density at radius 3 is 2.94 bits per heavy atom. The first kappa shape index (κ1) is 12.9. The van der Waals surface area contributed by atoms with E-state index in [0.29, 0.717) is 12.5 Å². The van der Waals surface area contributed by atoms with Gasteiger partial charge in [0.2, 0.25) is 0 Å². The standard InChI is InChI=1S/C10H14N2O2S2/c1-7(2)5-14-10(13)12-9(15)11-8-3-4-16-6-8/h3-4,6-7H,5H2,1-2H3,(H2,11,12,13,15). The first-order valence-corrected chi connectivity index (χ1v) is 6.20. The lowest BCUT2D eigenvalue weighted by atomic mass is 10.2. The summed E-state index contributed by atoms with van der Waals surface area (Å²) in [6.45, 7) is 4.32. The van der Waals surface area contributed by atoms with E-state index in [1.807, 2.05) is 30.7 Å². The predicted octanol–water partition coefficient (Wildman–Crippen LogP) is 2.83. The summed E-state index contributed by atoms with van der Waals surface area (Å²) in [5, 5.41) is 9.37. The van der Waals surface area contributed by atoms with Crippen molar-refractivity contribution in [1.29, 1.82) is 0 Å². The number of hydrogen-bond acceptors (Lipinski definition) is 4. The molecule has 0 fully saturated rings. The van der Waals surface area contributed by atoms with E-state index in [1.54, 1.807) is 11.3 Å². The van der Waals surface area contributed by atoms with Gasteiger partial charge >= 0.3 is 6.09 Å². The molecule has 0 bridgehead atoms. The predicted molar refractivity (Wildman–Crippen MR) is 69.9 cm³/mol. The minimum Gasteiger partial charge on any atom is -0.449 e. The van der Waals surface area contributed by atoms with Gasteiger partial charge < -0.3 is 10.1 Å². The van der Waals surface area contributed by atoms with Gasteiger partial charge in [0.05, 0.1) is 12.3 Å². The van der Waals surface area contributed by atoms with Gasteiger partial charge in [0.1, 0.15) is 0 Å². The molecule has 88 valence electrons. The smallest absolute Gasteiger partial charge is 0.413 e. The fourth-order valence-corrected chi connectivity index (χ4v) is 1.66. The summed E-state index contributed by atoms with van der Waals surface area (Å²) in [6.07, 6.45) is -0.526. The number of ether oxygens (including phenoxy) is 1. The van der Waals surface area contributed by atoms with Crippen molar-refractivity contribution in [2.75, 3.05) is 11.9 Å².